The van der Waals surface area contributed by atoms with Crippen molar-refractivity contribution < 1.29 is 9.47 Å². The fourth-order valence-corrected chi connectivity index (χ4v) is 2.85. The second-order valence-electron chi connectivity index (χ2n) is 5.45. The molecule has 0 saturated carbocycles. The third kappa shape index (κ3) is 2.79. The van der Waals surface area contributed by atoms with Crippen molar-refractivity contribution in [3.8, 4) is 5.75 Å². The molecule has 1 aliphatic rings. The van der Waals surface area contributed by atoms with Crippen molar-refractivity contribution in [3.05, 3.63) is 42.0 Å². The van der Waals surface area contributed by atoms with Crippen LogP contribution in [-0.2, 0) is 4.74 Å². The summed E-state index contributed by atoms with van der Waals surface area (Å²) < 4.78 is 10.9. The minimum Gasteiger partial charge on any atom is -0.497 e. The molecule has 0 radical (unpaired) electrons. The van der Waals surface area contributed by atoms with Gasteiger partial charge in [-0.15, -0.1) is 0 Å². The van der Waals surface area contributed by atoms with Crippen LogP contribution in [0.1, 0.15) is 30.9 Å². The van der Waals surface area contributed by atoms with Crippen LogP contribution < -0.4 is 10.5 Å². The van der Waals surface area contributed by atoms with Crippen LogP contribution in [0, 0.1) is 0 Å². The average molecular weight is 271 g/mol. The van der Waals surface area contributed by atoms with Crippen LogP contribution in [0.15, 0.2) is 36.4 Å². The molecule has 3 rings (SSSR count). The first-order chi connectivity index (χ1) is 9.76. The van der Waals surface area contributed by atoms with Gasteiger partial charge in [-0.2, -0.15) is 0 Å². The van der Waals surface area contributed by atoms with Crippen molar-refractivity contribution in [2.45, 2.75) is 31.4 Å². The van der Waals surface area contributed by atoms with E-state index in [1.54, 1.807) is 7.11 Å². The zero-order valence-electron chi connectivity index (χ0n) is 11.8. The summed E-state index contributed by atoms with van der Waals surface area (Å²) in [4.78, 5) is 0. The van der Waals surface area contributed by atoms with Crippen molar-refractivity contribution in [2.24, 2.45) is 5.73 Å². The first-order valence-corrected chi connectivity index (χ1v) is 7.21. The minimum absolute atomic E-state index is 0.0459. The highest BCUT2D eigenvalue weighted by atomic mass is 16.5. The maximum atomic E-state index is 6.32. The third-order valence-electron chi connectivity index (χ3n) is 4.04. The van der Waals surface area contributed by atoms with Crippen LogP contribution in [0.5, 0.6) is 5.75 Å². The number of hydrogen-bond acceptors (Lipinski definition) is 3. The van der Waals surface area contributed by atoms with Crippen molar-refractivity contribution in [1.29, 1.82) is 0 Å². The van der Waals surface area contributed by atoms with Gasteiger partial charge in [0.25, 0.3) is 0 Å². The molecule has 0 spiro atoms. The Labute approximate surface area is 119 Å². The molecular formula is C17H21NO2. The van der Waals surface area contributed by atoms with Gasteiger partial charge in [0.2, 0.25) is 0 Å². The molecule has 0 bridgehead atoms. The van der Waals surface area contributed by atoms with Crippen molar-refractivity contribution >= 4 is 10.8 Å². The molecule has 3 nitrogen and oxygen atoms in total. The summed E-state index contributed by atoms with van der Waals surface area (Å²) in [6.45, 7) is 0.884. The van der Waals surface area contributed by atoms with E-state index >= 15 is 0 Å². The van der Waals surface area contributed by atoms with Crippen LogP contribution in [-0.4, -0.2) is 19.8 Å². The summed E-state index contributed by atoms with van der Waals surface area (Å²) in [6, 6.07) is 12.6. The predicted octanol–water partition coefficient (Wildman–Crippen LogP) is 3.42. The highest BCUT2D eigenvalue weighted by molar-refractivity contribution is 5.84. The number of nitrogens with two attached hydrogens (primary N) is 1. The summed E-state index contributed by atoms with van der Waals surface area (Å²) in [5, 5.41) is 2.38. The maximum absolute atomic E-state index is 6.32. The quantitative estimate of drug-likeness (QED) is 0.926. The standard InChI is InChI=1S/C17H21NO2/c1-19-15-7-6-12-9-14(5-4-13(12)10-15)17(18)11-16-3-2-8-20-16/h4-7,9-10,16-17H,2-3,8,11,18H2,1H3. The molecule has 20 heavy (non-hydrogen) atoms. The van der Waals surface area contributed by atoms with Gasteiger partial charge >= 0.3 is 0 Å². The molecule has 106 valence electrons. The Kier molecular flexibility index (Phi) is 3.90. The van der Waals surface area contributed by atoms with E-state index in [0.717, 1.165) is 31.6 Å². The maximum Gasteiger partial charge on any atom is 0.119 e. The highest BCUT2D eigenvalue weighted by Gasteiger charge is 2.19. The molecule has 2 aromatic rings. The summed E-state index contributed by atoms with van der Waals surface area (Å²) in [7, 11) is 1.69. The van der Waals surface area contributed by atoms with E-state index < -0.39 is 0 Å². The molecule has 2 N–H and O–H groups in total. The van der Waals surface area contributed by atoms with Crippen LogP contribution >= 0.6 is 0 Å². The van der Waals surface area contributed by atoms with Gasteiger partial charge in [-0.05, 0) is 53.8 Å². The number of fused-ring (bicyclic) bond motifs is 1. The molecule has 0 aromatic heterocycles. The van der Waals surface area contributed by atoms with Gasteiger partial charge in [0.1, 0.15) is 5.75 Å². The molecular weight excluding hydrogens is 250 g/mol. The Balaban J connectivity index is 1.80. The normalized spacial score (nSPS) is 20.2. The van der Waals surface area contributed by atoms with Crippen molar-refractivity contribution in [2.75, 3.05) is 13.7 Å². The Morgan fingerprint density at radius 2 is 2.05 bits per heavy atom. The highest BCUT2D eigenvalue weighted by Crippen LogP contribution is 2.27. The van der Waals surface area contributed by atoms with Crippen LogP contribution in [0.3, 0.4) is 0 Å². The second kappa shape index (κ2) is 5.81. The van der Waals surface area contributed by atoms with Gasteiger partial charge in [0.15, 0.2) is 0 Å². The Morgan fingerprint density at radius 3 is 2.80 bits per heavy atom. The molecule has 0 aliphatic carbocycles. The lowest BCUT2D eigenvalue weighted by Crippen LogP contribution is -2.18. The fraction of sp³-hybridized carbons (Fsp3) is 0.412. The number of methoxy groups -OCH3 is 1. The number of ether oxygens (including phenoxy) is 2. The zero-order valence-corrected chi connectivity index (χ0v) is 11.8. The third-order valence-corrected chi connectivity index (χ3v) is 4.04. The van der Waals surface area contributed by atoms with E-state index in [1.165, 1.54) is 16.3 Å². The second-order valence-corrected chi connectivity index (χ2v) is 5.45. The SMILES string of the molecule is COc1ccc2cc(C(N)CC3CCCO3)ccc2c1. The topological polar surface area (TPSA) is 44.5 Å². The Bertz CT molecular complexity index is 591. The smallest absolute Gasteiger partial charge is 0.119 e. The largest absolute Gasteiger partial charge is 0.497 e. The molecule has 3 heteroatoms. The van der Waals surface area contributed by atoms with Gasteiger partial charge in [-0.3, -0.25) is 0 Å². The van der Waals surface area contributed by atoms with Crippen LogP contribution in [0.4, 0.5) is 0 Å². The van der Waals surface area contributed by atoms with E-state index in [2.05, 4.69) is 24.3 Å². The Morgan fingerprint density at radius 1 is 1.25 bits per heavy atom. The monoisotopic (exact) mass is 271 g/mol. The minimum atomic E-state index is 0.0459. The van der Waals surface area contributed by atoms with Gasteiger partial charge in [-0.25, -0.2) is 0 Å². The molecule has 2 unspecified atom stereocenters. The molecule has 1 aliphatic heterocycles. The lowest BCUT2D eigenvalue weighted by Gasteiger charge is -2.17. The van der Waals surface area contributed by atoms with E-state index in [4.69, 9.17) is 15.2 Å². The Hall–Kier alpha value is -1.58. The molecule has 0 amide bonds. The van der Waals surface area contributed by atoms with Gasteiger partial charge < -0.3 is 15.2 Å². The van der Waals surface area contributed by atoms with Crippen LogP contribution in [0.2, 0.25) is 0 Å². The van der Waals surface area contributed by atoms with E-state index in [1.807, 2.05) is 12.1 Å². The molecule has 1 saturated heterocycles. The number of benzene rings is 2. The number of rotatable bonds is 4. The fourth-order valence-electron chi connectivity index (χ4n) is 2.85. The van der Waals surface area contributed by atoms with Crippen molar-refractivity contribution in [3.63, 3.8) is 0 Å². The first kappa shape index (κ1) is 13.4. The summed E-state index contributed by atoms with van der Waals surface area (Å²) in [6.07, 6.45) is 3.53. The molecule has 1 fully saturated rings. The lowest BCUT2D eigenvalue weighted by atomic mass is 9.97. The summed E-state index contributed by atoms with van der Waals surface area (Å²) in [5.41, 5.74) is 7.50. The van der Waals surface area contributed by atoms with Crippen LogP contribution in [0.25, 0.3) is 10.8 Å². The van der Waals surface area contributed by atoms with Gasteiger partial charge in [-0.1, -0.05) is 18.2 Å². The first-order valence-electron chi connectivity index (χ1n) is 7.21. The molecule has 2 aromatic carbocycles. The zero-order chi connectivity index (χ0) is 13.9. The summed E-state index contributed by atoms with van der Waals surface area (Å²) in [5.74, 6) is 0.883. The van der Waals surface area contributed by atoms with E-state index in [9.17, 15) is 0 Å². The van der Waals surface area contributed by atoms with Crippen molar-refractivity contribution in [1.82, 2.24) is 0 Å². The van der Waals surface area contributed by atoms with E-state index in [-0.39, 0.29) is 6.04 Å². The molecule has 2 atom stereocenters. The molecule has 1 heterocycles. The lowest BCUT2D eigenvalue weighted by molar-refractivity contribution is 0.0983. The van der Waals surface area contributed by atoms with Gasteiger partial charge in [0, 0.05) is 12.6 Å². The summed E-state index contributed by atoms with van der Waals surface area (Å²) >= 11 is 0. The van der Waals surface area contributed by atoms with E-state index in [0.29, 0.717) is 6.10 Å². The number of hydrogen-bond donors (Lipinski definition) is 1. The van der Waals surface area contributed by atoms with Gasteiger partial charge in [0.05, 0.1) is 13.2 Å². The average Bonchev–Trinajstić information content (AvgIpc) is 2.99. The predicted molar refractivity (Wildman–Crippen MR) is 81.0 cm³/mol.